The summed E-state index contributed by atoms with van der Waals surface area (Å²) >= 11 is 1.30. The number of hydrogen-bond acceptors (Lipinski definition) is 4. The van der Waals surface area contributed by atoms with Gasteiger partial charge in [-0.1, -0.05) is 12.8 Å². The zero-order valence-corrected chi connectivity index (χ0v) is 11.4. The zero-order valence-electron chi connectivity index (χ0n) is 10.6. The molecule has 0 unspecified atom stereocenters. The van der Waals surface area contributed by atoms with Crippen molar-refractivity contribution < 1.29 is 18.7 Å². The van der Waals surface area contributed by atoms with Crippen molar-refractivity contribution in [2.24, 2.45) is 0 Å². The van der Waals surface area contributed by atoms with Crippen LogP contribution in [0.1, 0.15) is 36.4 Å². The summed E-state index contributed by atoms with van der Waals surface area (Å²) in [5.74, 6) is -5.18. The van der Waals surface area contributed by atoms with Crippen molar-refractivity contribution in [2.45, 2.75) is 50.7 Å². The number of carbonyl (C=O) groups excluding carboxylic acids is 1. The number of alkyl halides is 2. The molecule has 1 heterocycles. The van der Waals surface area contributed by atoms with Crippen LogP contribution < -0.4 is 5.32 Å². The monoisotopic (exact) mass is 290 g/mol. The molecule has 2 N–H and O–H groups in total. The second kappa shape index (κ2) is 5.13. The molecule has 0 aliphatic heterocycles. The number of nitrogens with zero attached hydrogens (tertiary/aromatic N) is 1. The van der Waals surface area contributed by atoms with Crippen LogP contribution in [-0.2, 0) is 11.3 Å². The Morgan fingerprint density at radius 1 is 1.58 bits per heavy atom. The van der Waals surface area contributed by atoms with Crippen LogP contribution >= 0.6 is 11.3 Å². The summed E-state index contributed by atoms with van der Waals surface area (Å²) in [5, 5.41) is 14.4. The average molecular weight is 290 g/mol. The quantitative estimate of drug-likeness (QED) is 0.891. The van der Waals surface area contributed by atoms with Crippen LogP contribution in [0.15, 0.2) is 5.38 Å². The molecular weight excluding hydrogens is 274 g/mol. The number of aryl methyl sites for hydroxylation is 1. The van der Waals surface area contributed by atoms with E-state index in [1.54, 1.807) is 12.3 Å². The van der Waals surface area contributed by atoms with Crippen LogP contribution in [0, 0.1) is 6.92 Å². The summed E-state index contributed by atoms with van der Waals surface area (Å²) in [4.78, 5) is 15.7. The van der Waals surface area contributed by atoms with Gasteiger partial charge >= 0.3 is 5.92 Å². The van der Waals surface area contributed by atoms with Gasteiger partial charge in [-0.3, -0.25) is 4.79 Å². The largest absolute Gasteiger partial charge is 0.383 e. The van der Waals surface area contributed by atoms with E-state index in [4.69, 9.17) is 0 Å². The number of aliphatic hydroxyl groups is 1. The fourth-order valence-electron chi connectivity index (χ4n) is 2.24. The highest BCUT2D eigenvalue weighted by molar-refractivity contribution is 7.09. The molecule has 1 saturated carbocycles. The lowest BCUT2D eigenvalue weighted by Crippen LogP contribution is -2.55. The molecule has 0 spiro atoms. The highest BCUT2D eigenvalue weighted by atomic mass is 32.1. The first kappa shape index (κ1) is 14.3. The van der Waals surface area contributed by atoms with E-state index < -0.39 is 17.4 Å². The number of nitrogens with one attached hydrogen (secondary N) is 1. The molecule has 7 heteroatoms. The van der Waals surface area contributed by atoms with Crippen molar-refractivity contribution in [3.63, 3.8) is 0 Å². The highest BCUT2D eigenvalue weighted by Crippen LogP contribution is 2.42. The predicted octanol–water partition coefficient (Wildman–Crippen LogP) is 2.01. The van der Waals surface area contributed by atoms with Crippen LogP contribution in [0.2, 0.25) is 0 Å². The maximum atomic E-state index is 13.9. The summed E-state index contributed by atoms with van der Waals surface area (Å²) in [5.41, 5.74) is -1.41. The minimum absolute atomic E-state index is 0.0379. The summed E-state index contributed by atoms with van der Waals surface area (Å²) in [6, 6.07) is 0. The van der Waals surface area contributed by atoms with Crippen molar-refractivity contribution in [1.29, 1.82) is 0 Å². The van der Waals surface area contributed by atoms with Crippen molar-refractivity contribution in [3.8, 4) is 0 Å². The fraction of sp³-hybridized carbons (Fsp3) is 0.667. The van der Waals surface area contributed by atoms with E-state index >= 15 is 0 Å². The Balaban J connectivity index is 1.98. The van der Waals surface area contributed by atoms with E-state index in [9.17, 15) is 18.7 Å². The molecule has 1 fully saturated rings. The highest BCUT2D eigenvalue weighted by Gasteiger charge is 2.58. The summed E-state index contributed by atoms with van der Waals surface area (Å²) < 4.78 is 27.9. The first-order valence-electron chi connectivity index (χ1n) is 6.15. The van der Waals surface area contributed by atoms with E-state index in [0.29, 0.717) is 17.8 Å². The molecule has 1 aromatic rings. The van der Waals surface area contributed by atoms with Gasteiger partial charge < -0.3 is 10.4 Å². The zero-order chi connectivity index (χ0) is 14.1. The lowest BCUT2D eigenvalue weighted by molar-refractivity contribution is -0.190. The molecule has 106 valence electrons. The molecule has 0 saturated heterocycles. The Morgan fingerprint density at radius 3 is 2.74 bits per heavy atom. The predicted molar refractivity (Wildman–Crippen MR) is 67.1 cm³/mol. The van der Waals surface area contributed by atoms with Crippen LogP contribution in [0.4, 0.5) is 8.78 Å². The van der Waals surface area contributed by atoms with E-state index in [-0.39, 0.29) is 19.4 Å². The lowest BCUT2D eigenvalue weighted by Gasteiger charge is -2.30. The minimum Gasteiger partial charge on any atom is -0.383 e. The van der Waals surface area contributed by atoms with E-state index in [1.807, 2.05) is 0 Å². The summed E-state index contributed by atoms with van der Waals surface area (Å²) in [6.07, 6.45) is 0.962. The Labute approximate surface area is 113 Å². The Hall–Kier alpha value is -1.08. The number of aromatic nitrogens is 1. The second-order valence-electron chi connectivity index (χ2n) is 4.88. The first-order valence-corrected chi connectivity index (χ1v) is 7.03. The molecule has 1 aliphatic rings. The summed E-state index contributed by atoms with van der Waals surface area (Å²) in [7, 11) is 0. The molecule has 1 aromatic heterocycles. The molecule has 2 rings (SSSR count). The number of halogens is 2. The topological polar surface area (TPSA) is 62.2 Å². The van der Waals surface area contributed by atoms with Gasteiger partial charge in [0.1, 0.15) is 10.6 Å². The van der Waals surface area contributed by atoms with Gasteiger partial charge in [0.2, 0.25) is 0 Å². The molecule has 0 bridgehead atoms. The van der Waals surface area contributed by atoms with Crippen LogP contribution in [-0.4, -0.2) is 27.5 Å². The van der Waals surface area contributed by atoms with Crippen LogP contribution in [0.25, 0.3) is 0 Å². The molecule has 19 heavy (non-hydrogen) atoms. The molecule has 0 radical (unpaired) electrons. The number of hydrogen-bond donors (Lipinski definition) is 2. The van der Waals surface area contributed by atoms with Crippen molar-refractivity contribution >= 4 is 17.2 Å². The number of thiazole rings is 1. The smallest absolute Gasteiger partial charge is 0.352 e. The number of carbonyl (C=O) groups is 1. The lowest BCUT2D eigenvalue weighted by atomic mass is 9.93. The van der Waals surface area contributed by atoms with E-state index in [1.165, 1.54) is 11.3 Å². The summed E-state index contributed by atoms with van der Waals surface area (Å²) in [6.45, 7) is 1.75. The average Bonchev–Trinajstić information content (AvgIpc) is 2.96. The number of rotatable bonds is 4. The first-order chi connectivity index (χ1) is 8.85. The molecule has 1 aliphatic carbocycles. The third-order valence-corrected chi connectivity index (χ3v) is 4.33. The molecule has 1 amide bonds. The molecule has 0 atom stereocenters. The normalized spacial score (nSPS) is 18.5. The van der Waals surface area contributed by atoms with Crippen molar-refractivity contribution in [3.05, 3.63) is 16.1 Å². The molecule has 0 aromatic carbocycles. The van der Waals surface area contributed by atoms with E-state index in [0.717, 1.165) is 5.69 Å². The van der Waals surface area contributed by atoms with Crippen LogP contribution in [0.3, 0.4) is 0 Å². The molecular formula is C12H16F2N2O2S. The Morgan fingerprint density at radius 2 is 2.21 bits per heavy atom. The van der Waals surface area contributed by atoms with Gasteiger partial charge in [-0.2, -0.15) is 8.78 Å². The van der Waals surface area contributed by atoms with E-state index in [2.05, 4.69) is 10.3 Å². The Kier molecular flexibility index (Phi) is 3.87. The maximum absolute atomic E-state index is 13.9. The van der Waals surface area contributed by atoms with Gasteiger partial charge in [-0.05, 0) is 19.8 Å². The maximum Gasteiger partial charge on any atom is 0.352 e. The van der Waals surface area contributed by atoms with Gasteiger partial charge in [-0.25, -0.2) is 4.98 Å². The molecule has 4 nitrogen and oxygen atoms in total. The fourth-order valence-corrected chi connectivity index (χ4v) is 2.95. The number of amides is 1. The SMILES string of the molecule is Cc1csc(CNC(=O)C(F)(F)C2(O)CCCC2)n1. The Bertz CT molecular complexity index is 470. The van der Waals surface area contributed by atoms with Gasteiger partial charge in [0.05, 0.1) is 6.54 Å². The van der Waals surface area contributed by atoms with Crippen molar-refractivity contribution in [2.75, 3.05) is 0 Å². The minimum atomic E-state index is -3.75. The second-order valence-corrected chi connectivity index (χ2v) is 5.82. The standard InChI is InChI=1S/C12H16F2N2O2S/c1-8-7-19-9(16-8)6-15-10(17)12(13,14)11(18)4-2-3-5-11/h7,18H,2-6H2,1H3,(H,15,17). The van der Waals surface area contributed by atoms with Crippen LogP contribution in [0.5, 0.6) is 0 Å². The third-order valence-electron chi connectivity index (χ3n) is 3.37. The van der Waals surface area contributed by atoms with Gasteiger partial charge in [-0.15, -0.1) is 11.3 Å². The van der Waals surface area contributed by atoms with Gasteiger partial charge in [0.15, 0.2) is 0 Å². The van der Waals surface area contributed by atoms with Gasteiger partial charge in [0, 0.05) is 11.1 Å². The van der Waals surface area contributed by atoms with Crippen molar-refractivity contribution in [1.82, 2.24) is 10.3 Å². The van der Waals surface area contributed by atoms with Gasteiger partial charge in [0.25, 0.3) is 5.91 Å². The third kappa shape index (κ3) is 2.76.